The number of aryl methyl sites for hydroxylation is 1. The van der Waals surface area contributed by atoms with Crippen LogP contribution in [-0.2, 0) is 0 Å². The molecule has 0 radical (unpaired) electrons. The zero-order valence-corrected chi connectivity index (χ0v) is 20.0. The van der Waals surface area contributed by atoms with E-state index in [1.165, 1.54) is 12.1 Å². The lowest BCUT2D eigenvalue weighted by atomic mass is 9.97. The molecular weight excluding hydrogens is 468 g/mol. The Morgan fingerprint density at radius 2 is 2.03 bits per heavy atom. The number of nitrogens with zero attached hydrogens (tertiary/aromatic N) is 1. The fraction of sp³-hybridized carbons (Fsp3) is 0.154. The molecule has 3 aromatic rings. The number of halogens is 1. The number of rotatable bonds is 6. The minimum Gasteiger partial charge on any atom is -0.476 e. The van der Waals surface area contributed by atoms with Gasteiger partial charge in [0.2, 0.25) is 0 Å². The number of aromatic carboxylic acids is 1. The summed E-state index contributed by atoms with van der Waals surface area (Å²) in [5.41, 5.74) is 3.48. The first kappa shape index (κ1) is 24.0. The van der Waals surface area contributed by atoms with Crippen LogP contribution in [0.1, 0.15) is 40.3 Å². The number of carbonyl (C=O) groups is 1. The van der Waals surface area contributed by atoms with Crippen molar-refractivity contribution < 1.29 is 14.3 Å². The van der Waals surface area contributed by atoms with Gasteiger partial charge in [-0.3, -0.25) is 4.79 Å². The summed E-state index contributed by atoms with van der Waals surface area (Å²) >= 11 is 5.88. The smallest absolute Gasteiger partial charge is 0.356 e. The van der Waals surface area contributed by atoms with Gasteiger partial charge in [-0.15, -0.1) is 0 Å². The van der Waals surface area contributed by atoms with Gasteiger partial charge in [0.1, 0.15) is 16.5 Å². The monoisotopic (exact) mass is 490 g/mol. The molecular formula is C26H23ClN4O4. The Morgan fingerprint density at radius 3 is 2.74 bits per heavy atom. The fourth-order valence-electron chi connectivity index (χ4n) is 3.92. The van der Waals surface area contributed by atoms with Crippen LogP contribution in [0.4, 0.5) is 5.69 Å². The maximum Gasteiger partial charge on any atom is 0.356 e. The number of allylic oxidation sites excluding steroid dienone is 5. The Hall–Kier alpha value is -4.17. The van der Waals surface area contributed by atoms with Gasteiger partial charge in [-0.2, -0.15) is 0 Å². The van der Waals surface area contributed by atoms with E-state index in [0.717, 1.165) is 5.56 Å². The number of benzene rings is 1. The fourth-order valence-corrected chi connectivity index (χ4v) is 4.06. The van der Waals surface area contributed by atoms with Crippen LogP contribution >= 0.6 is 11.6 Å². The first-order chi connectivity index (χ1) is 16.7. The van der Waals surface area contributed by atoms with E-state index < -0.39 is 12.0 Å². The Bertz CT molecular complexity index is 1520. The summed E-state index contributed by atoms with van der Waals surface area (Å²) in [6, 6.07) is 7.73. The Morgan fingerprint density at radius 1 is 1.26 bits per heavy atom. The van der Waals surface area contributed by atoms with Crippen LogP contribution in [0.3, 0.4) is 0 Å². The zero-order chi connectivity index (χ0) is 25.3. The van der Waals surface area contributed by atoms with E-state index in [9.17, 15) is 14.7 Å². The van der Waals surface area contributed by atoms with Crippen molar-refractivity contribution >= 4 is 45.5 Å². The maximum absolute atomic E-state index is 13.1. The number of aromatic nitrogens is 1. The predicted octanol–water partition coefficient (Wildman–Crippen LogP) is 5.10. The highest BCUT2D eigenvalue weighted by Gasteiger charge is 2.20. The number of hydrogen-bond donors (Lipinski definition) is 4. The van der Waals surface area contributed by atoms with Crippen molar-refractivity contribution in [1.29, 1.82) is 5.41 Å². The van der Waals surface area contributed by atoms with Gasteiger partial charge in [0.15, 0.2) is 11.1 Å². The molecule has 1 atom stereocenters. The summed E-state index contributed by atoms with van der Waals surface area (Å²) in [6.07, 6.45) is 6.85. The first-order valence-electron chi connectivity index (χ1n) is 10.8. The van der Waals surface area contributed by atoms with Crippen molar-refractivity contribution in [3.05, 3.63) is 98.3 Å². The SMILES string of the molecule is CN/C=C1/C=C(c2cc(=O)c3cc(C)cc(C(C)Nc4ccc(Cl)nc4C(=O)O)c3o2)C=CC1=N. The number of nitrogens with one attached hydrogen (secondary N) is 3. The van der Waals surface area contributed by atoms with E-state index in [1.54, 1.807) is 43.6 Å². The van der Waals surface area contributed by atoms with Crippen LogP contribution < -0.4 is 16.1 Å². The number of fused-ring (bicyclic) bond motifs is 1. The predicted molar refractivity (Wildman–Crippen MR) is 137 cm³/mol. The zero-order valence-electron chi connectivity index (χ0n) is 19.3. The van der Waals surface area contributed by atoms with Crippen LogP contribution in [0.15, 0.2) is 69.5 Å². The van der Waals surface area contributed by atoms with Crippen molar-refractivity contribution in [1.82, 2.24) is 10.3 Å². The molecule has 2 heterocycles. The molecule has 0 spiro atoms. The number of anilines is 1. The normalized spacial score (nSPS) is 15.3. The van der Waals surface area contributed by atoms with E-state index >= 15 is 0 Å². The van der Waals surface area contributed by atoms with Crippen molar-refractivity contribution in [3.63, 3.8) is 0 Å². The van der Waals surface area contributed by atoms with Crippen LogP contribution in [0, 0.1) is 12.3 Å². The van der Waals surface area contributed by atoms with E-state index in [0.29, 0.717) is 44.8 Å². The minimum atomic E-state index is -1.21. The van der Waals surface area contributed by atoms with Gasteiger partial charge in [0.05, 0.1) is 22.8 Å². The standard InChI is InChI=1S/C26H23ClN4O4/c1-13-8-17(14(2)30-20-6-7-23(27)31-24(20)26(33)34)25-18(9-13)21(32)11-22(35-25)15-4-5-19(28)16(10-15)12-29-3/h4-12,14,28-30H,1-3H3,(H,33,34)/b16-12-,28-19?. The molecule has 1 aliphatic rings. The number of carboxylic acids is 1. The molecule has 4 N–H and O–H groups in total. The molecule has 1 unspecified atom stereocenters. The molecule has 4 rings (SSSR count). The molecule has 0 amide bonds. The molecule has 1 aromatic carbocycles. The third kappa shape index (κ3) is 4.88. The summed E-state index contributed by atoms with van der Waals surface area (Å²) in [5.74, 6) is -0.845. The highest BCUT2D eigenvalue weighted by Crippen LogP contribution is 2.31. The minimum absolute atomic E-state index is 0.0748. The van der Waals surface area contributed by atoms with Crippen molar-refractivity contribution in [2.45, 2.75) is 19.9 Å². The summed E-state index contributed by atoms with van der Waals surface area (Å²) in [6.45, 7) is 3.72. The lowest BCUT2D eigenvalue weighted by Crippen LogP contribution is -2.14. The first-order valence-corrected chi connectivity index (χ1v) is 11.2. The number of pyridine rings is 1. The summed E-state index contributed by atoms with van der Waals surface area (Å²) < 4.78 is 6.25. The van der Waals surface area contributed by atoms with Crippen LogP contribution in [-0.4, -0.2) is 28.8 Å². The van der Waals surface area contributed by atoms with E-state index in [1.807, 2.05) is 19.9 Å². The van der Waals surface area contributed by atoms with Crippen LogP contribution in [0.5, 0.6) is 0 Å². The molecule has 0 saturated heterocycles. The molecule has 9 heteroatoms. The molecule has 0 saturated carbocycles. The third-order valence-corrected chi connectivity index (χ3v) is 5.75. The highest BCUT2D eigenvalue weighted by atomic mass is 35.5. The van der Waals surface area contributed by atoms with E-state index in [-0.39, 0.29) is 16.3 Å². The highest BCUT2D eigenvalue weighted by molar-refractivity contribution is 6.29. The van der Waals surface area contributed by atoms with Gasteiger partial charge in [0, 0.05) is 36.0 Å². The van der Waals surface area contributed by atoms with Gasteiger partial charge < -0.3 is 25.6 Å². The third-order valence-electron chi connectivity index (χ3n) is 5.54. The van der Waals surface area contributed by atoms with Gasteiger partial charge >= 0.3 is 5.97 Å². The molecule has 35 heavy (non-hydrogen) atoms. The molecule has 0 aliphatic heterocycles. The average Bonchev–Trinajstić information content (AvgIpc) is 2.81. The summed E-state index contributed by atoms with van der Waals surface area (Å²) in [5, 5.41) is 24.2. The Labute approximate surface area is 206 Å². The second kappa shape index (κ2) is 9.60. The summed E-state index contributed by atoms with van der Waals surface area (Å²) in [7, 11) is 1.75. The Kier molecular flexibility index (Phi) is 6.57. The second-order valence-electron chi connectivity index (χ2n) is 8.14. The lowest BCUT2D eigenvalue weighted by molar-refractivity contribution is 0.0691. The Balaban J connectivity index is 1.83. The molecule has 8 nitrogen and oxygen atoms in total. The van der Waals surface area contributed by atoms with Gasteiger partial charge in [-0.25, -0.2) is 9.78 Å². The average molecular weight is 491 g/mol. The van der Waals surface area contributed by atoms with Crippen LogP contribution in [0.2, 0.25) is 5.15 Å². The van der Waals surface area contributed by atoms with E-state index in [4.69, 9.17) is 21.4 Å². The molecule has 2 aromatic heterocycles. The maximum atomic E-state index is 13.1. The second-order valence-corrected chi connectivity index (χ2v) is 8.53. The van der Waals surface area contributed by atoms with Crippen molar-refractivity contribution in [3.8, 4) is 0 Å². The molecule has 1 aliphatic carbocycles. The van der Waals surface area contributed by atoms with Crippen molar-refractivity contribution in [2.75, 3.05) is 12.4 Å². The molecule has 0 fully saturated rings. The summed E-state index contributed by atoms with van der Waals surface area (Å²) in [4.78, 5) is 28.6. The largest absolute Gasteiger partial charge is 0.476 e. The number of hydrogen-bond acceptors (Lipinski definition) is 7. The number of carboxylic acid groups (broad SMARTS) is 1. The van der Waals surface area contributed by atoms with E-state index in [2.05, 4.69) is 15.6 Å². The van der Waals surface area contributed by atoms with Gasteiger partial charge in [-0.05, 0) is 55.8 Å². The van der Waals surface area contributed by atoms with Crippen molar-refractivity contribution in [2.24, 2.45) is 0 Å². The van der Waals surface area contributed by atoms with Crippen LogP contribution in [0.25, 0.3) is 16.5 Å². The quantitative estimate of drug-likeness (QED) is 0.354. The molecule has 178 valence electrons. The van der Waals surface area contributed by atoms with Gasteiger partial charge in [0.25, 0.3) is 0 Å². The topological polar surface area (TPSA) is 128 Å². The van der Waals surface area contributed by atoms with Gasteiger partial charge in [-0.1, -0.05) is 17.7 Å². The lowest BCUT2D eigenvalue weighted by Gasteiger charge is -2.19. The molecule has 0 bridgehead atoms.